The average Bonchev–Trinajstić information content (AvgIpc) is 2.38. The van der Waals surface area contributed by atoms with Crippen LogP contribution in [0.25, 0.3) is 10.8 Å². The fourth-order valence-corrected chi connectivity index (χ4v) is 3.69. The number of carbonyl (C=O) groups excluding carboxylic acids is 1. The number of hydrogen-bond acceptors (Lipinski definition) is 3. The van der Waals surface area contributed by atoms with E-state index in [1.54, 1.807) is 0 Å². The molecule has 19 heavy (non-hydrogen) atoms. The summed E-state index contributed by atoms with van der Waals surface area (Å²) in [5.41, 5.74) is 1.43. The summed E-state index contributed by atoms with van der Waals surface area (Å²) >= 11 is 0. The predicted molar refractivity (Wildman–Crippen MR) is 74.3 cm³/mol. The van der Waals surface area contributed by atoms with E-state index in [1.807, 2.05) is 36.4 Å². The Bertz CT molecular complexity index is 672. The van der Waals surface area contributed by atoms with Crippen LogP contribution in [0.1, 0.15) is 0 Å². The molecule has 0 aromatic heterocycles. The van der Waals surface area contributed by atoms with E-state index in [-0.39, 0.29) is 0 Å². The summed E-state index contributed by atoms with van der Waals surface area (Å²) in [5.74, 6) is 0. The van der Waals surface area contributed by atoms with Gasteiger partial charge in [0, 0.05) is 5.39 Å². The Labute approximate surface area is 109 Å². The topological polar surface area (TPSA) is 79.5 Å². The minimum Gasteiger partial charge on any atom is -0.453 e. The monoisotopic (exact) mass is 277 g/mol. The van der Waals surface area contributed by atoms with Gasteiger partial charge in [0.25, 0.3) is 0 Å². The van der Waals surface area contributed by atoms with E-state index in [0.29, 0.717) is 11.4 Å². The van der Waals surface area contributed by atoms with Crippen molar-refractivity contribution in [3.8, 4) is 0 Å². The normalized spacial score (nSPS) is 15.2. The van der Waals surface area contributed by atoms with Crippen molar-refractivity contribution in [3.05, 3.63) is 36.4 Å². The first kappa shape index (κ1) is 11.9. The number of benzene rings is 2. The molecule has 2 aromatic rings. The lowest BCUT2D eigenvalue weighted by atomic mass is 10.1. The maximum absolute atomic E-state index is 12.6. The van der Waals surface area contributed by atoms with Crippen molar-refractivity contribution < 1.29 is 14.1 Å². The molecule has 0 atom stereocenters. The number of carbonyl (C=O) groups is 1. The van der Waals surface area contributed by atoms with Crippen LogP contribution >= 0.6 is 7.59 Å². The fourth-order valence-electron chi connectivity index (χ4n) is 2.12. The zero-order valence-corrected chi connectivity index (χ0v) is 11.0. The van der Waals surface area contributed by atoms with Crippen LogP contribution in [0.15, 0.2) is 36.4 Å². The molecular weight excluding hydrogens is 265 g/mol. The molecule has 0 bridgehead atoms. The second-order valence-corrected chi connectivity index (χ2v) is 6.03. The lowest BCUT2D eigenvalue weighted by Crippen LogP contribution is -2.29. The van der Waals surface area contributed by atoms with Gasteiger partial charge >= 0.3 is 13.7 Å². The maximum Gasteiger partial charge on any atom is 0.415 e. The molecule has 1 heterocycles. The first-order valence-electron chi connectivity index (χ1n) is 5.66. The lowest BCUT2D eigenvalue weighted by molar-refractivity contribution is 0.177. The molecule has 3 rings (SSSR count). The third kappa shape index (κ3) is 2.00. The minimum absolute atomic E-state index is 0.714. The number of anilines is 2. The van der Waals surface area contributed by atoms with Gasteiger partial charge < -0.3 is 14.9 Å². The summed E-state index contributed by atoms with van der Waals surface area (Å²) < 4.78 is 17.0. The summed E-state index contributed by atoms with van der Waals surface area (Å²) in [7, 11) is -2.08. The summed E-state index contributed by atoms with van der Waals surface area (Å²) in [4.78, 5) is 11.3. The maximum atomic E-state index is 12.6. The lowest BCUT2D eigenvalue weighted by Gasteiger charge is -2.28. The van der Waals surface area contributed by atoms with Crippen LogP contribution < -0.4 is 15.3 Å². The molecule has 3 N–H and O–H groups in total. The van der Waals surface area contributed by atoms with Crippen molar-refractivity contribution in [3.63, 3.8) is 0 Å². The van der Waals surface area contributed by atoms with Crippen molar-refractivity contribution in [2.24, 2.45) is 0 Å². The van der Waals surface area contributed by atoms with Crippen LogP contribution in [0.2, 0.25) is 0 Å². The Kier molecular flexibility index (Phi) is 2.61. The summed E-state index contributed by atoms with van der Waals surface area (Å²) in [6.07, 6.45) is -0.755. The molecule has 0 fully saturated rings. The van der Waals surface area contributed by atoms with E-state index < -0.39 is 13.7 Å². The fraction of sp³-hybridized carbons (Fsp3) is 0.0833. The highest BCUT2D eigenvalue weighted by molar-refractivity contribution is 7.65. The van der Waals surface area contributed by atoms with E-state index in [4.69, 9.17) is 0 Å². The van der Waals surface area contributed by atoms with E-state index in [2.05, 4.69) is 20.0 Å². The molecule has 0 unspecified atom stereocenters. The number of methoxy groups -OCH3 is 1. The molecule has 1 amide bonds. The first-order valence-corrected chi connectivity index (χ1v) is 7.36. The number of hydrogen-bond donors (Lipinski definition) is 3. The van der Waals surface area contributed by atoms with Crippen molar-refractivity contribution in [2.45, 2.75) is 0 Å². The quantitative estimate of drug-likeness (QED) is 0.698. The number of nitrogens with one attached hydrogen (secondary N) is 3. The molecule has 0 saturated carbocycles. The Morgan fingerprint density at radius 2 is 1.74 bits per heavy atom. The van der Waals surface area contributed by atoms with Crippen molar-refractivity contribution in [1.82, 2.24) is 5.09 Å². The van der Waals surface area contributed by atoms with Gasteiger partial charge in [-0.15, -0.1) is 0 Å². The Balaban J connectivity index is 2.08. The van der Waals surface area contributed by atoms with Crippen molar-refractivity contribution in [2.75, 3.05) is 17.3 Å². The second kappa shape index (κ2) is 4.17. The first-order chi connectivity index (χ1) is 9.11. The Morgan fingerprint density at radius 3 is 2.26 bits per heavy atom. The van der Waals surface area contributed by atoms with Crippen LogP contribution in [0, 0.1) is 0 Å². The van der Waals surface area contributed by atoms with Gasteiger partial charge in [0.1, 0.15) is 0 Å². The zero-order chi connectivity index (χ0) is 13.5. The molecular formula is C12H12N3O3P. The van der Waals surface area contributed by atoms with Gasteiger partial charge in [-0.25, -0.2) is 9.88 Å². The van der Waals surface area contributed by atoms with Gasteiger partial charge in [0.2, 0.25) is 0 Å². The SMILES string of the molecule is COC(=O)NP1(=O)Nc2cccc3cccc(c23)N1. The Morgan fingerprint density at radius 1 is 1.16 bits per heavy atom. The van der Waals surface area contributed by atoms with E-state index in [0.717, 1.165) is 10.8 Å². The highest BCUT2D eigenvalue weighted by atomic mass is 31.2. The molecule has 7 heteroatoms. The molecule has 1 aliphatic heterocycles. The van der Waals surface area contributed by atoms with Gasteiger partial charge in [0.15, 0.2) is 0 Å². The smallest absolute Gasteiger partial charge is 0.415 e. The predicted octanol–water partition coefficient (Wildman–Crippen LogP) is 3.14. The van der Waals surface area contributed by atoms with Crippen LogP contribution in [0.3, 0.4) is 0 Å². The summed E-state index contributed by atoms with van der Waals surface area (Å²) in [6, 6.07) is 11.3. The number of ether oxygens (including phenoxy) is 1. The Hall–Kier alpha value is -2.20. The van der Waals surface area contributed by atoms with E-state index in [1.165, 1.54) is 7.11 Å². The van der Waals surface area contributed by atoms with Gasteiger partial charge in [-0.05, 0) is 17.5 Å². The highest BCUT2D eigenvalue weighted by Gasteiger charge is 2.30. The third-order valence-electron chi connectivity index (χ3n) is 2.89. The molecule has 6 nitrogen and oxygen atoms in total. The van der Waals surface area contributed by atoms with Crippen molar-refractivity contribution >= 4 is 35.8 Å². The zero-order valence-electron chi connectivity index (χ0n) is 10.1. The van der Waals surface area contributed by atoms with E-state index >= 15 is 0 Å². The molecule has 0 saturated heterocycles. The van der Waals surface area contributed by atoms with E-state index in [9.17, 15) is 9.36 Å². The van der Waals surface area contributed by atoms with Gasteiger partial charge in [-0.1, -0.05) is 24.3 Å². The van der Waals surface area contributed by atoms with Gasteiger partial charge in [-0.2, -0.15) is 0 Å². The van der Waals surface area contributed by atoms with Crippen LogP contribution in [-0.4, -0.2) is 13.2 Å². The second-order valence-electron chi connectivity index (χ2n) is 4.15. The highest BCUT2D eigenvalue weighted by Crippen LogP contribution is 2.50. The average molecular weight is 277 g/mol. The van der Waals surface area contributed by atoms with Crippen LogP contribution in [-0.2, 0) is 9.30 Å². The van der Waals surface area contributed by atoms with Crippen molar-refractivity contribution in [1.29, 1.82) is 0 Å². The molecule has 2 aromatic carbocycles. The number of rotatable bonds is 1. The molecule has 98 valence electrons. The molecule has 0 radical (unpaired) electrons. The molecule has 0 spiro atoms. The van der Waals surface area contributed by atoms with Crippen LogP contribution in [0.5, 0.6) is 0 Å². The molecule has 0 aliphatic carbocycles. The van der Waals surface area contributed by atoms with Crippen LogP contribution in [0.4, 0.5) is 16.2 Å². The number of amides is 1. The molecule has 1 aliphatic rings. The largest absolute Gasteiger partial charge is 0.453 e. The summed E-state index contributed by atoms with van der Waals surface area (Å²) in [5, 5.41) is 9.95. The minimum atomic E-state index is -3.30. The van der Waals surface area contributed by atoms with Gasteiger partial charge in [0.05, 0.1) is 18.5 Å². The van der Waals surface area contributed by atoms with Gasteiger partial charge in [-0.3, -0.25) is 4.57 Å². The third-order valence-corrected chi connectivity index (χ3v) is 4.50. The summed E-state index contributed by atoms with van der Waals surface area (Å²) in [6.45, 7) is 0. The standard InChI is InChI=1S/C12H12N3O3P/c1-18-12(16)15-19(17)13-9-6-2-4-8-5-3-7-10(14-19)11(8)9/h2-7H,1H3,(H3,13,14,15,16,17).